The quantitative estimate of drug-likeness (QED) is 0.858. The first-order chi connectivity index (χ1) is 12.6. The number of benzene rings is 2. The first kappa shape index (κ1) is 16.7. The highest BCUT2D eigenvalue weighted by Gasteiger charge is 2.24. The van der Waals surface area contributed by atoms with Crippen LogP contribution in [-0.2, 0) is 24.1 Å². The number of ether oxygens (including phenoxy) is 3. The topological polar surface area (TPSA) is 77.0 Å². The van der Waals surface area contributed by atoms with Crippen LogP contribution in [0.3, 0.4) is 0 Å². The Labute approximate surface area is 151 Å². The number of rotatable bonds is 5. The van der Waals surface area contributed by atoms with Gasteiger partial charge in [-0.1, -0.05) is 6.07 Å². The number of hydrogen-bond acceptors (Lipinski definition) is 5. The Hall–Kier alpha value is -2.73. The minimum atomic E-state index is -0.855. The van der Waals surface area contributed by atoms with Gasteiger partial charge >= 0.3 is 5.97 Å². The molecule has 26 heavy (non-hydrogen) atoms. The number of carbonyl (C=O) groups is 1. The Bertz CT molecular complexity index is 848. The molecule has 2 N–H and O–H groups in total. The maximum atomic E-state index is 11.3. The van der Waals surface area contributed by atoms with Gasteiger partial charge < -0.3 is 24.6 Å². The molecule has 2 heterocycles. The molecule has 2 aromatic rings. The van der Waals surface area contributed by atoms with Crippen LogP contribution in [0.1, 0.15) is 28.3 Å². The minimum absolute atomic E-state index is 0.0336. The van der Waals surface area contributed by atoms with Crippen LogP contribution in [-0.4, -0.2) is 31.5 Å². The highest BCUT2D eigenvalue weighted by Crippen LogP contribution is 2.37. The molecule has 0 fully saturated rings. The second-order valence-electron chi connectivity index (χ2n) is 6.57. The molecule has 2 aliphatic heterocycles. The fourth-order valence-electron chi connectivity index (χ4n) is 3.70. The van der Waals surface area contributed by atoms with E-state index < -0.39 is 5.97 Å². The Morgan fingerprint density at radius 1 is 1.23 bits per heavy atom. The third-order valence-corrected chi connectivity index (χ3v) is 4.97. The number of hydrogen-bond donors (Lipinski definition) is 2. The molecule has 0 spiro atoms. The normalized spacial score (nSPS) is 17.7. The number of carboxylic acids is 1. The number of aliphatic carboxylic acids is 1. The van der Waals surface area contributed by atoms with Crippen molar-refractivity contribution in [3.8, 4) is 17.2 Å². The van der Waals surface area contributed by atoms with E-state index in [1.807, 2.05) is 12.1 Å². The Kier molecular flexibility index (Phi) is 4.42. The Balaban J connectivity index is 1.66. The molecule has 0 aliphatic carbocycles. The summed E-state index contributed by atoms with van der Waals surface area (Å²) in [6, 6.07) is 9.98. The highest BCUT2D eigenvalue weighted by atomic mass is 16.7. The van der Waals surface area contributed by atoms with E-state index >= 15 is 0 Å². The van der Waals surface area contributed by atoms with Crippen molar-refractivity contribution in [2.45, 2.75) is 25.3 Å². The average Bonchev–Trinajstić information content (AvgIpc) is 3.08. The zero-order valence-electron chi connectivity index (χ0n) is 14.6. The lowest BCUT2D eigenvalue weighted by atomic mass is 9.88. The van der Waals surface area contributed by atoms with Crippen molar-refractivity contribution < 1.29 is 24.1 Å². The van der Waals surface area contributed by atoms with Crippen LogP contribution in [0.25, 0.3) is 0 Å². The van der Waals surface area contributed by atoms with E-state index in [1.54, 1.807) is 13.2 Å². The number of fused-ring (bicyclic) bond motifs is 2. The van der Waals surface area contributed by atoms with Gasteiger partial charge in [-0.25, -0.2) is 0 Å². The van der Waals surface area contributed by atoms with Crippen molar-refractivity contribution in [1.29, 1.82) is 0 Å². The lowest BCUT2D eigenvalue weighted by Crippen LogP contribution is -2.31. The standard InChI is InChI=1S/C20H21NO5/c1-24-15-2-3-16-12(6-15)4-5-21-17(16)7-13-8-18-19(26-11-25-18)9-14(13)10-20(22)23/h2-3,6,8-9,17,21H,4-5,7,10-11H2,1H3,(H,22,23). The van der Waals surface area contributed by atoms with Crippen LogP contribution in [0.4, 0.5) is 0 Å². The molecule has 2 aliphatic rings. The van der Waals surface area contributed by atoms with Gasteiger partial charge in [0.1, 0.15) is 5.75 Å². The summed E-state index contributed by atoms with van der Waals surface area (Å²) in [6.45, 7) is 1.05. The molecule has 0 aromatic heterocycles. The van der Waals surface area contributed by atoms with Crippen LogP contribution < -0.4 is 19.5 Å². The molecule has 1 atom stereocenters. The first-order valence-electron chi connectivity index (χ1n) is 8.67. The van der Waals surface area contributed by atoms with Gasteiger partial charge in [-0.2, -0.15) is 0 Å². The van der Waals surface area contributed by atoms with Gasteiger partial charge in [-0.05, 0) is 65.9 Å². The highest BCUT2D eigenvalue weighted by molar-refractivity contribution is 5.71. The van der Waals surface area contributed by atoms with Gasteiger partial charge in [0.25, 0.3) is 0 Å². The maximum Gasteiger partial charge on any atom is 0.307 e. The zero-order chi connectivity index (χ0) is 18.1. The van der Waals surface area contributed by atoms with Crippen molar-refractivity contribution in [1.82, 2.24) is 5.32 Å². The molecule has 136 valence electrons. The van der Waals surface area contributed by atoms with E-state index in [-0.39, 0.29) is 19.3 Å². The summed E-state index contributed by atoms with van der Waals surface area (Å²) in [4.78, 5) is 11.3. The summed E-state index contributed by atoms with van der Waals surface area (Å²) in [5, 5.41) is 12.8. The van der Waals surface area contributed by atoms with Crippen LogP contribution >= 0.6 is 0 Å². The second kappa shape index (κ2) is 6.88. The third-order valence-electron chi connectivity index (χ3n) is 4.97. The van der Waals surface area contributed by atoms with Gasteiger partial charge in [0.05, 0.1) is 13.5 Å². The molecule has 6 nitrogen and oxygen atoms in total. The van der Waals surface area contributed by atoms with Gasteiger partial charge in [0.15, 0.2) is 11.5 Å². The molecule has 1 unspecified atom stereocenters. The van der Waals surface area contributed by atoms with Crippen molar-refractivity contribution in [3.05, 3.63) is 52.6 Å². The summed E-state index contributed by atoms with van der Waals surface area (Å²) < 4.78 is 16.2. The lowest BCUT2D eigenvalue weighted by molar-refractivity contribution is -0.136. The molecule has 0 radical (unpaired) electrons. The Morgan fingerprint density at radius 3 is 2.73 bits per heavy atom. The largest absolute Gasteiger partial charge is 0.497 e. The average molecular weight is 355 g/mol. The van der Waals surface area contributed by atoms with E-state index in [1.165, 1.54) is 11.1 Å². The molecule has 2 aromatic carbocycles. The predicted molar refractivity (Wildman–Crippen MR) is 95.1 cm³/mol. The first-order valence-corrected chi connectivity index (χ1v) is 8.67. The van der Waals surface area contributed by atoms with Crippen LogP contribution in [0.15, 0.2) is 30.3 Å². The third kappa shape index (κ3) is 3.20. The summed E-state index contributed by atoms with van der Waals surface area (Å²) in [6.07, 6.45) is 1.61. The Morgan fingerprint density at radius 2 is 2.00 bits per heavy atom. The van der Waals surface area contributed by atoms with E-state index in [9.17, 15) is 9.90 Å². The fraction of sp³-hybridized carbons (Fsp3) is 0.350. The maximum absolute atomic E-state index is 11.3. The summed E-state index contributed by atoms with van der Waals surface area (Å²) >= 11 is 0. The molecular weight excluding hydrogens is 334 g/mol. The number of carboxylic acid groups (broad SMARTS) is 1. The fourth-order valence-corrected chi connectivity index (χ4v) is 3.70. The molecular formula is C20H21NO5. The second-order valence-corrected chi connectivity index (χ2v) is 6.57. The van der Waals surface area contributed by atoms with E-state index in [4.69, 9.17) is 14.2 Å². The van der Waals surface area contributed by atoms with Crippen molar-refractivity contribution >= 4 is 5.97 Å². The van der Waals surface area contributed by atoms with Gasteiger partial charge in [0, 0.05) is 6.04 Å². The molecule has 6 heteroatoms. The van der Waals surface area contributed by atoms with Crippen LogP contribution in [0.2, 0.25) is 0 Å². The molecule has 4 rings (SSSR count). The van der Waals surface area contributed by atoms with E-state index in [2.05, 4.69) is 17.4 Å². The van der Waals surface area contributed by atoms with Crippen molar-refractivity contribution in [3.63, 3.8) is 0 Å². The van der Waals surface area contributed by atoms with E-state index in [0.29, 0.717) is 17.9 Å². The predicted octanol–water partition coefficient (Wildman–Crippen LogP) is 2.48. The molecule has 0 saturated heterocycles. The van der Waals surface area contributed by atoms with Crippen LogP contribution in [0.5, 0.6) is 17.2 Å². The summed E-state index contributed by atoms with van der Waals surface area (Å²) in [7, 11) is 1.67. The molecule has 0 saturated carbocycles. The minimum Gasteiger partial charge on any atom is -0.497 e. The van der Waals surface area contributed by atoms with Gasteiger partial charge in [0.2, 0.25) is 6.79 Å². The van der Waals surface area contributed by atoms with Crippen molar-refractivity contribution in [2.75, 3.05) is 20.4 Å². The summed E-state index contributed by atoms with van der Waals surface area (Å²) in [5.74, 6) is 1.30. The number of methoxy groups -OCH3 is 1. The molecule has 0 bridgehead atoms. The van der Waals surface area contributed by atoms with Gasteiger partial charge in [-0.3, -0.25) is 4.79 Å². The SMILES string of the molecule is COc1ccc2c(c1)CCNC2Cc1cc2c(cc1CC(=O)O)OCO2. The van der Waals surface area contributed by atoms with Gasteiger partial charge in [-0.15, -0.1) is 0 Å². The van der Waals surface area contributed by atoms with E-state index in [0.717, 1.165) is 29.8 Å². The zero-order valence-corrected chi connectivity index (χ0v) is 14.6. The summed E-state index contributed by atoms with van der Waals surface area (Å²) in [5.41, 5.74) is 4.24. The van der Waals surface area contributed by atoms with Crippen molar-refractivity contribution in [2.24, 2.45) is 0 Å². The number of nitrogens with one attached hydrogen (secondary N) is 1. The molecule has 0 amide bonds. The smallest absolute Gasteiger partial charge is 0.307 e. The monoisotopic (exact) mass is 355 g/mol. The lowest BCUT2D eigenvalue weighted by Gasteiger charge is -2.28. The van der Waals surface area contributed by atoms with Crippen LogP contribution in [0, 0.1) is 0 Å².